The van der Waals surface area contributed by atoms with Crippen LogP contribution in [0.25, 0.3) is 0 Å². The maximum absolute atomic E-state index is 12.5. The van der Waals surface area contributed by atoms with Crippen LogP contribution in [0.1, 0.15) is 28.5 Å². The number of carbonyl (C=O) groups is 2. The first kappa shape index (κ1) is 19.8. The predicted molar refractivity (Wildman–Crippen MR) is 116 cm³/mol. The second kappa shape index (κ2) is 8.45. The highest BCUT2D eigenvalue weighted by Crippen LogP contribution is 2.34. The van der Waals surface area contributed by atoms with Gasteiger partial charge in [0, 0.05) is 24.5 Å². The lowest BCUT2D eigenvalue weighted by Crippen LogP contribution is -2.41. The van der Waals surface area contributed by atoms with Crippen molar-refractivity contribution in [2.45, 2.75) is 26.3 Å². The van der Waals surface area contributed by atoms with E-state index in [1.165, 1.54) is 5.56 Å². The molecule has 0 aliphatic carbocycles. The second-order valence-electron chi connectivity index (χ2n) is 7.59. The first-order valence-corrected chi connectivity index (χ1v) is 10.1. The summed E-state index contributed by atoms with van der Waals surface area (Å²) in [4.78, 5) is 27.2. The average Bonchev–Trinajstić information content (AvgIpc) is 3.41. The van der Waals surface area contributed by atoms with Gasteiger partial charge in [-0.15, -0.1) is 0 Å². The first-order valence-electron chi connectivity index (χ1n) is 10.1. The summed E-state index contributed by atoms with van der Waals surface area (Å²) in [5, 5.41) is 5.49. The van der Waals surface area contributed by atoms with E-state index in [1.807, 2.05) is 56.3 Å². The van der Waals surface area contributed by atoms with Crippen LogP contribution >= 0.6 is 0 Å². The van der Waals surface area contributed by atoms with E-state index in [0.29, 0.717) is 5.69 Å². The zero-order chi connectivity index (χ0) is 21.1. The van der Waals surface area contributed by atoms with E-state index < -0.39 is 11.8 Å². The number of furan rings is 1. The number of hydrogen-bond acceptors (Lipinski definition) is 4. The summed E-state index contributed by atoms with van der Waals surface area (Å²) in [7, 11) is 0. The molecule has 3 aromatic rings. The van der Waals surface area contributed by atoms with Gasteiger partial charge in [-0.05, 0) is 61.2 Å². The van der Waals surface area contributed by atoms with Crippen LogP contribution in [0, 0.1) is 13.8 Å². The van der Waals surface area contributed by atoms with E-state index in [4.69, 9.17) is 4.42 Å². The Bertz CT molecular complexity index is 1060. The van der Waals surface area contributed by atoms with Gasteiger partial charge in [-0.1, -0.05) is 30.3 Å². The van der Waals surface area contributed by atoms with Crippen molar-refractivity contribution in [1.29, 1.82) is 0 Å². The Morgan fingerprint density at radius 3 is 2.70 bits per heavy atom. The molecular formula is C24H25N3O3. The summed E-state index contributed by atoms with van der Waals surface area (Å²) in [5.74, 6) is -0.592. The smallest absolute Gasteiger partial charge is 0.313 e. The molecule has 0 bridgehead atoms. The maximum Gasteiger partial charge on any atom is 0.313 e. The molecule has 2 N–H and O–H groups in total. The van der Waals surface area contributed by atoms with Gasteiger partial charge in [0.05, 0.1) is 6.26 Å². The third-order valence-electron chi connectivity index (χ3n) is 5.47. The molecule has 0 fully saturated rings. The molecule has 1 aromatic heterocycles. The number of nitrogens with one attached hydrogen (secondary N) is 2. The van der Waals surface area contributed by atoms with Crippen molar-refractivity contribution in [3.8, 4) is 0 Å². The molecule has 1 atom stereocenters. The molecule has 0 radical (unpaired) electrons. The number of aryl methyl sites for hydroxylation is 2. The number of benzene rings is 2. The zero-order valence-electron chi connectivity index (χ0n) is 17.1. The number of fused-ring (bicyclic) bond motifs is 1. The minimum atomic E-state index is -0.677. The number of hydrogen-bond donors (Lipinski definition) is 2. The molecule has 30 heavy (non-hydrogen) atoms. The molecule has 6 heteroatoms. The zero-order valence-corrected chi connectivity index (χ0v) is 17.1. The van der Waals surface area contributed by atoms with E-state index in [1.54, 1.807) is 6.26 Å². The molecule has 0 saturated carbocycles. The van der Waals surface area contributed by atoms with Crippen LogP contribution in [-0.2, 0) is 16.0 Å². The van der Waals surface area contributed by atoms with Gasteiger partial charge in [-0.3, -0.25) is 9.59 Å². The molecule has 154 valence electrons. The Kier molecular flexibility index (Phi) is 5.57. The molecule has 0 saturated heterocycles. The van der Waals surface area contributed by atoms with Crippen LogP contribution in [0.15, 0.2) is 65.3 Å². The van der Waals surface area contributed by atoms with Crippen LogP contribution in [0.3, 0.4) is 0 Å². The summed E-state index contributed by atoms with van der Waals surface area (Å²) < 4.78 is 5.65. The Morgan fingerprint density at radius 2 is 1.90 bits per heavy atom. The van der Waals surface area contributed by atoms with Gasteiger partial charge in [-0.2, -0.15) is 0 Å². The Hall–Kier alpha value is -3.54. The number of para-hydroxylation sites is 1. The van der Waals surface area contributed by atoms with Crippen LogP contribution in [-0.4, -0.2) is 24.9 Å². The standard InChI is InChI=1S/C24H25N3O3/c1-16-9-10-17(2)19(14-16)26-24(29)23(28)25-15-21(22-8-5-13-30-22)27-12-11-18-6-3-4-7-20(18)27/h3-10,13-14,21H,11-12,15H2,1-2H3,(H,25,28)(H,26,29). The SMILES string of the molecule is Cc1ccc(C)c(NC(=O)C(=O)NCC(c2ccco2)N2CCc3ccccc32)c1. The summed E-state index contributed by atoms with van der Waals surface area (Å²) in [5.41, 5.74) is 4.97. The van der Waals surface area contributed by atoms with Crippen molar-refractivity contribution in [2.24, 2.45) is 0 Å². The third kappa shape index (κ3) is 4.08. The summed E-state index contributed by atoms with van der Waals surface area (Å²) in [6.07, 6.45) is 2.56. The monoisotopic (exact) mass is 403 g/mol. The Morgan fingerprint density at radius 1 is 1.07 bits per heavy atom. The molecular weight excluding hydrogens is 378 g/mol. The Labute approximate surface area is 175 Å². The van der Waals surface area contributed by atoms with Crippen molar-refractivity contribution >= 4 is 23.2 Å². The van der Waals surface area contributed by atoms with Crippen molar-refractivity contribution < 1.29 is 14.0 Å². The highest BCUT2D eigenvalue weighted by Gasteiger charge is 2.29. The van der Waals surface area contributed by atoms with Gasteiger partial charge in [0.1, 0.15) is 11.8 Å². The molecule has 6 nitrogen and oxygen atoms in total. The van der Waals surface area contributed by atoms with Crippen LogP contribution < -0.4 is 15.5 Å². The minimum Gasteiger partial charge on any atom is -0.467 e. The third-order valence-corrected chi connectivity index (χ3v) is 5.47. The molecule has 2 amide bonds. The predicted octanol–water partition coefficient (Wildman–Crippen LogP) is 3.76. The van der Waals surface area contributed by atoms with Gasteiger partial charge in [0.15, 0.2) is 0 Å². The summed E-state index contributed by atoms with van der Waals surface area (Å²) in [6, 6.07) is 17.5. The van der Waals surface area contributed by atoms with E-state index in [2.05, 4.69) is 27.7 Å². The molecule has 1 aliphatic rings. The number of nitrogens with zero attached hydrogens (tertiary/aromatic N) is 1. The van der Waals surface area contributed by atoms with Gasteiger partial charge in [0.2, 0.25) is 0 Å². The largest absolute Gasteiger partial charge is 0.467 e. The second-order valence-corrected chi connectivity index (χ2v) is 7.59. The van der Waals surface area contributed by atoms with Gasteiger partial charge in [-0.25, -0.2) is 0 Å². The highest BCUT2D eigenvalue weighted by atomic mass is 16.3. The van der Waals surface area contributed by atoms with Crippen molar-refractivity contribution in [3.05, 3.63) is 83.3 Å². The van der Waals surface area contributed by atoms with E-state index in [9.17, 15) is 9.59 Å². The lowest BCUT2D eigenvalue weighted by atomic mass is 10.1. The normalized spacial score (nSPS) is 13.6. The van der Waals surface area contributed by atoms with E-state index in [-0.39, 0.29) is 12.6 Å². The van der Waals surface area contributed by atoms with Crippen molar-refractivity contribution in [3.63, 3.8) is 0 Å². The lowest BCUT2D eigenvalue weighted by molar-refractivity contribution is -0.136. The molecule has 4 rings (SSSR count). The fourth-order valence-electron chi connectivity index (χ4n) is 3.85. The topological polar surface area (TPSA) is 74.6 Å². The van der Waals surface area contributed by atoms with Gasteiger partial charge >= 0.3 is 11.8 Å². The fourth-order valence-corrected chi connectivity index (χ4v) is 3.85. The quantitative estimate of drug-likeness (QED) is 0.636. The molecule has 1 aliphatic heterocycles. The number of amides is 2. The van der Waals surface area contributed by atoms with Crippen molar-refractivity contribution in [1.82, 2.24) is 5.32 Å². The van der Waals surface area contributed by atoms with Crippen LogP contribution in [0.5, 0.6) is 0 Å². The van der Waals surface area contributed by atoms with Gasteiger partial charge in [0.25, 0.3) is 0 Å². The van der Waals surface area contributed by atoms with Crippen LogP contribution in [0.2, 0.25) is 0 Å². The van der Waals surface area contributed by atoms with Crippen molar-refractivity contribution in [2.75, 3.05) is 23.3 Å². The number of anilines is 2. The molecule has 0 spiro atoms. The van der Waals surface area contributed by atoms with E-state index in [0.717, 1.165) is 35.5 Å². The molecule has 1 unspecified atom stereocenters. The fraction of sp³-hybridized carbons (Fsp3) is 0.250. The average molecular weight is 403 g/mol. The molecule has 2 heterocycles. The number of rotatable bonds is 5. The van der Waals surface area contributed by atoms with Gasteiger partial charge < -0.3 is 20.0 Å². The minimum absolute atomic E-state index is 0.193. The van der Waals surface area contributed by atoms with E-state index >= 15 is 0 Å². The summed E-state index contributed by atoms with van der Waals surface area (Å²) >= 11 is 0. The van der Waals surface area contributed by atoms with Crippen LogP contribution in [0.4, 0.5) is 11.4 Å². The molecule has 2 aromatic carbocycles. The first-order chi connectivity index (χ1) is 14.5. The summed E-state index contributed by atoms with van der Waals surface area (Å²) in [6.45, 7) is 4.93. The lowest BCUT2D eigenvalue weighted by Gasteiger charge is -2.29. The number of carbonyl (C=O) groups excluding carboxylic acids is 2. The Balaban J connectivity index is 1.46. The highest BCUT2D eigenvalue weighted by molar-refractivity contribution is 6.39. The maximum atomic E-state index is 12.5.